The summed E-state index contributed by atoms with van der Waals surface area (Å²) in [7, 11) is 0. The average Bonchev–Trinajstić information content (AvgIpc) is 2.91. The van der Waals surface area contributed by atoms with Crippen molar-refractivity contribution in [1.29, 1.82) is 0 Å². The molecule has 0 saturated heterocycles. The number of aromatic nitrogens is 2. The standard InChI is InChI=1S/C16H14N2O3S/c1-2-20-13-10-8-12(9-11-13)18-15(16(19)21-17-18)22-14-6-4-3-5-7-14/h3-11H,2H2,1H3/p+1. The minimum Gasteiger partial charge on any atom is -0.494 e. The van der Waals surface area contributed by atoms with E-state index in [1.807, 2.05) is 61.5 Å². The number of nitrogens with one attached hydrogen (secondary N) is 1. The van der Waals surface area contributed by atoms with Crippen LogP contribution in [0.4, 0.5) is 0 Å². The van der Waals surface area contributed by atoms with Gasteiger partial charge in [-0.15, -0.1) is 0 Å². The molecule has 0 atom stereocenters. The van der Waals surface area contributed by atoms with Gasteiger partial charge in [0.15, 0.2) is 0 Å². The Morgan fingerprint density at radius 2 is 1.86 bits per heavy atom. The van der Waals surface area contributed by atoms with Gasteiger partial charge < -0.3 is 4.74 Å². The van der Waals surface area contributed by atoms with Crippen LogP contribution >= 0.6 is 11.8 Å². The molecule has 0 saturated carbocycles. The van der Waals surface area contributed by atoms with Crippen molar-refractivity contribution in [1.82, 2.24) is 5.27 Å². The van der Waals surface area contributed by atoms with E-state index in [4.69, 9.17) is 9.26 Å². The molecule has 3 rings (SSSR count). The van der Waals surface area contributed by atoms with Crippen LogP contribution in [0.5, 0.6) is 5.75 Å². The maximum atomic E-state index is 11.9. The molecule has 1 aromatic heterocycles. The van der Waals surface area contributed by atoms with Crippen LogP contribution in [0.15, 0.2) is 73.8 Å². The molecular weight excluding hydrogens is 300 g/mol. The van der Waals surface area contributed by atoms with E-state index >= 15 is 0 Å². The SMILES string of the molecule is CCOc1ccc(-[n+]2[nH]oc(=O)c2Sc2ccccc2)cc1. The van der Waals surface area contributed by atoms with Crippen molar-refractivity contribution in [3.05, 3.63) is 65.0 Å². The Kier molecular flexibility index (Phi) is 4.29. The number of rotatable bonds is 5. The molecule has 22 heavy (non-hydrogen) atoms. The van der Waals surface area contributed by atoms with Crippen molar-refractivity contribution in [3.63, 3.8) is 0 Å². The molecule has 3 aromatic rings. The molecular formula is C16H15N2O3S+. The normalized spacial score (nSPS) is 10.6. The zero-order valence-electron chi connectivity index (χ0n) is 12.0. The zero-order chi connectivity index (χ0) is 15.4. The number of benzene rings is 2. The second-order valence-corrected chi connectivity index (χ2v) is 5.53. The molecule has 0 bridgehead atoms. The molecule has 6 heteroatoms. The molecule has 0 aliphatic rings. The Morgan fingerprint density at radius 1 is 1.14 bits per heavy atom. The van der Waals surface area contributed by atoms with E-state index in [0.29, 0.717) is 11.6 Å². The van der Waals surface area contributed by atoms with E-state index in [9.17, 15) is 4.79 Å². The molecule has 0 unspecified atom stereocenters. The number of aromatic amines is 1. The third-order valence-corrected chi connectivity index (χ3v) is 4.02. The van der Waals surface area contributed by atoms with Gasteiger partial charge >= 0.3 is 10.7 Å². The monoisotopic (exact) mass is 315 g/mol. The van der Waals surface area contributed by atoms with E-state index in [0.717, 1.165) is 16.3 Å². The molecule has 0 aliphatic carbocycles. The maximum absolute atomic E-state index is 11.9. The third kappa shape index (κ3) is 3.07. The first-order chi connectivity index (χ1) is 10.8. The lowest BCUT2D eigenvalue weighted by Crippen LogP contribution is -2.35. The fourth-order valence-electron chi connectivity index (χ4n) is 1.98. The molecule has 1 heterocycles. The summed E-state index contributed by atoms with van der Waals surface area (Å²) in [4.78, 5) is 12.9. The van der Waals surface area contributed by atoms with Crippen LogP contribution in [0, 0.1) is 0 Å². The summed E-state index contributed by atoms with van der Waals surface area (Å²) in [6.07, 6.45) is 0. The van der Waals surface area contributed by atoms with E-state index in [1.54, 1.807) is 4.68 Å². The lowest BCUT2D eigenvalue weighted by atomic mass is 10.3. The Hall–Kier alpha value is -2.47. The van der Waals surface area contributed by atoms with Crippen LogP contribution < -0.4 is 15.0 Å². The highest BCUT2D eigenvalue weighted by Gasteiger charge is 2.24. The summed E-state index contributed by atoms with van der Waals surface area (Å²) >= 11 is 1.35. The van der Waals surface area contributed by atoms with Gasteiger partial charge in [0.2, 0.25) is 5.69 Å². The minimum atomic E-state index is -0.400. The minimum absolute atomic E-state index is 0.400. The predicted molar refractivity (Wildman–Crippen MR) is 82.6 cm³/mol. The highest BCUT2D eigenvalue weighted by atomic mass is 32.2. The fraction of sp³-hybridized carbons (Fsp3) is 0.125. The lowest BCUT2D eigenvalue weighted by Gasteiger charge is -2.01. The van der Waals surface area contributed by atoms with Crippen molar-refractivity contribution < 1.29 is 13.9 Å². The molecule has 5 nitrogen and oxygen atoms in total. The zero-order valence-corrected chi connectivity index (χ0v) is 12.8. The van der Waals surface area contributed by atoms with E-state index in [1.165, 1.54) is 11.8 Å². The first kappa shape index (κ1) is 14.5. The third-order valence-electron chi connectivity index (χ3n) is 2.97. The van der Waals surface area contributed by atoms with Gasteiger partial charge in [-0.2, -0.15) is 0 Å². The van der Waals surface area contributed by atoms with E-state index < -0.39 is 5.63 Å². The average molecular weight is 315 g/mol. The van der Waals surface area contributed by atoms with Crippen LogP contribution in [0.2, 0.25) is 0 Å². The first-order valence-electron chi connectivity index (χ1n) is 6.87. The van der Waals surface area contributed by atoms with Gasteiger partial charge in [0.25, 0.3) is 0 Å². The number of hydrogen-bond acceptors (Lipinski definition) is 4. The molecule has 0 aliphatic heterocycles. The van der Waals surface area contributed by atoms with Crippen LogP contribution in [0.1, 0.15) is 6.92 Å². The van der Waals surface area contributed by atoms with Gasteiger partial charge in [-0.05, 0) is 52.9 Å². The summed E-state index contributed by atoms with van der Waals surface area (Å²) in [6, 6.07) is 17.1. The first-order valence-corrected chi connectivity index (χ1v) is 7.69. The fourth-order valence-corrected chi connectivity index (χ4v) is 2.85. The Labute approximate surface area is 131 Å². The summed E-state index contributed by atoms with van der Waals surface area (Å²) < 4.78 is 12.0. The molecule has 0 spiro atoms. The van der Waals surface area contributed by atoms with Crippen LogP contribution in [0.3, 0.4) is 0 Å². The van der Waals surface area contributed by atoms with Crippen molar-refractivity contribution in [2.75, 3.05) is 6.61 Å². The number of hydrogen-bond donors (Lipinski definition) is 1. The lowest BCUT2D eigenvalue weighted by molar-refractivity contribution is -0.704. The van der Waals surface area contributed by atoms with Gasteiger partial charge in [0, 0.05) is 17.0 Å². The number of H-pyrrole nitrogens is 1. The summed E-state index contributed by atoms with van der Waals surface area (Å²) in [5.74, 6) is 0.787. The Balaban J connectivity index is 1.93. The van der Waals surface area contributed by atoms with Gasteiger partial charge in [0.1, 0.15) is 5.75 Å². The number of nitrogens with zero attached hydrogens (tertiary/aromatic N) is 1. The summed E-state index contributed by atoms with van der Waals surface area (Å²) in [6.45, 7) is 2.55. The molecule has 0 radical (unpaired) electrons. The second-order valence-electron chi connectivity index (χ2n) is 4.46. The van der Waals surface area contributed by atoms with Gasteiger partial charge in [-0.1, -0.05) is 18.2 Å². The van der Waals surface area contributed by atoms with E-state index in [-0.39, 0.29) is 0 Å². The molecule has 0 fully saturated rings. The summed E-state index contributed by atoms with van der Waals surface area (Å²) in [5, 5.41) is 3.10. The van der Waals surface area contributed by atoms with Crippen LogP contribution in [-0.2, 0) is 0 Å². The quantitative estimate of drug-likeness (QED) is 0.736. The Bertz CT molecular complexity index is 794. The maximum Gasteiger partial charge on any atom is 0.442 e. The second kappa shape index (κ2) is 6.53. The van der Waals surface area contributed by atoms with Gasteiger partial charge in [-0.25, -0.2) is 4.79 Å². The highest BCUT2D eigenvalue weighted by molar-refractivity contribution is 7.99. The van der Waals surface area contributed by atoms with Gasteiger partial charge in [0.05, 0.1) is 6.61 Å². The van der Waals surface area contributed by atoms with E-state index in [2.05, 4.69) is 5.27 Å². The molecule has 2 aromatic carbocycles. The molecule has 0 amide bonds. The van der Waals surface area contributed by atoms with Crippen molar-refractivity contribution in [2.45, 2.75) is 16.8 Å². The topological polar surface area (TPSA) is 59.1 Å². The summed E-state index contributed by atoms with van der Waals surface area (Å²) in [5.41, 5.74) is 0.399. The molecule has 1 N–H and O–H groups in total. The van der Waals surface area contributed by atoms with Gasteiger partial charge in [-0.3, -0.25) is 4.52 Å². The van der Waals surface area contributed by atoms with Crippen molar-refractivity contribution >= 4 is 11.8 Å². The van der Waals surface area contributed by atoms with Crippen molar-refractivity contribution in [3.8, 4) is 11.4 Å². The van der Waals surface area contributed by atoms with Crippen LogP contribution in [0.25, 0.3) is 5.69 Å². The molecule has 112 valence electrons. The largest absolute Gasteiger partial charge is 0.494 e. The Morgan fingerprint density at radius 3 is 2.55 bits per heavy atom. The predicted octanol–water partition coefficient (Wildman–Crippen LogP) is 2.79. The number of ether oxygens (including phenoxy) is 1. The highest BCUT2D eigenvalue weighted by Crippen LogP contribution is 2.23. The van der Waals surface area contributed by atoms with Crippen LogP contribution in [-0.4, -0.2) is 11.9 Å². The van der Waals surface area contributed by atoms with Crippen molar-refractivity contribution in [2.24, 2.45) is 0 Å². The smallest absolute Gasteiger partial charge is 0.442 e.